The Bertz CT molecular complexity index is 1160. The Morgan fingerprint density at radius 2 is 1.72 bits per heavy atom. The number of phenols is 1. The molecule has 4 rings (SSSR count). The number of halogens is 1. The molecule has 0 saturated heterocycles. The Morgan fingerprint density at radius 3 is 2.41 bits per heavy atom. The molecule has 0 fully saturated rings. The van der Waals surface area contributed by atoms with Crippen molar-refractivity contribution in [2.75, 3.05) is 6.79 Å². The third-order valence-corrected chi connectivity index (χ3v) is 6.55. The van der Waals surface area contributed by atoms with Crippen LogP contribution in [-0.2, 0) is 10.0 Å². The topological polar surface area (TPSA) is 84.9 Å². The minimum Gasteiger partial charge on any atom is -0.507 e. The van der Waals surface area contributed by atoms with Crippen LogP contribution >= 0.6 is 15.9 Å². The highest BCUT2D eigenvalue weighted by atomic mass is 79.9. The zero-order valence-corrected chi connectivity index (χ0v) is 17.8. The number of rotatable bonds is 5. The minimum absolute atomic E-state index is 0.0505. The normalized spacial score (nSPS) is 14.0. The molecule has 6 nitrogen and oxygen atoms in total. The molecule has 1 atom stereocenters. The smallest absolute Gasteiger partial charge is 0.241 e. The molecular weight excluding hydrogens is 458 g/mol. The largest absolute Gasteiger partial charge is 0.507 e. The van der Waals surface area contributed by atoms with Crippen molar-refractivity contribution in [2.24, 2.45) is 0 Å². The van der Waals surface area contributed by atoms with Gasteiger partial charge in [0.25, 0.3) is 0 Å². The second-order valence-corrected chi connectivity index (χ2v) is 9.32. The van der Waals surface area contributed by atoms with Gasteiger partial charge in [-0.2, -0.15) is 4.72 Å². The molecule has 150 valence electrons. The van der Waals surface area contributed by atoms with E-state index in [0.717, 1.165) is 10.0 Å². The summed E-state index contributed by atoms with van der Waals surface area (Å²) < 4.78 is 40.3. The lowest BCUT2D eigenvalue weighted by atomic mass is 9.98. The van der Waals surface area contributed by atoms with Crippen LogP contribution in [0.25, 0.3) is 0 Å². The number of aryl methyl sites for hydroxylation is 1. The van der Waals surface area contributed by atoms with Crippen LogP contribution in [0.4, 0.5) is 0 Å². The van der Waals surface area contributed by atoms with Gasteiger partial charge in [-0.25, -0.2) is 8.42 Å². The molecule has 0 radical (unpaired) electrons. The fraction of sp³-hybridized carbons (Fsp3) is 0.143. The third kappa shape index (κ3) is 4.10. The standard InChI is InChI=1S/C21H18BrNO5S/c1-13-5-7-16(8-6-13)29(25,26)23-21(14-3-2-4-15(22)9-14)17-10-19-20(11-18(17)24)28-12-27-19/h2-11,21,23-24H,12H2,1H3. The molecule has 1 aliphatic rings. The molecule has 2 N–H and O–H groups in total. The Kier molecular flexibility index (Phi) is 5.24. The molecule has 0 aliphatic carbocycles. The summed E-state index contributed by atoms with van der Waals surface area (Å²) in [4.78, 5) is 0.142. The highest BCUT2D eigenvalue weighted by Gasteiger charge is 2.28. The summed E-state index contributed by atoms with van der Waals surface area (Å²) in [5, 5.41) is 10.6. The summed E-state index contributed by atoms with van der Waals surface area (Å²) in [7, 11) is -3.86. The van der Waals surface area contributed by atoms with E-state index in [4.69, 9.17) is 9.47 Å². The number of fused-ring (bicyclic) bond motifs is 1. The van der Waals surface area contributed by atoms with Crippen LogP contribution in [0.3, 0.4) is 0 Å². The Balaban J connectivity index is 1.81. The average Bonchev–Trinajstić information content (AvgIpc) is 3.13. The molecule has 3 aromatic carbocycles. The molecule has 0 amide bonds. The van der Waals surface area contributed by atoms with Crippen LogP contribution in [0.2, 0.25) is 0 Å². The van der Waals surface area contributed by atoms with E-state index in [1.807, 2.05) is 13.0 Å². The zero-order chi connectivity index (χ0) is 20.6. The molecule has 1 heterocycles. The molecule has 0 bridgehead atoms. The molecule has 1 aliphatic heterocycles. The van der Waals surface area contributed by atoms with Crippen molar-refractivity contribution in [1.29, 1.82) is 0 Å². The van der Waals surface area contributed by atoms with Crippen LogP contribution in [0.15, 0.2) is 70.0 Å². The zero-order valence-electron chi connectivity index (χ0n) is 15.4. The maximum Gasteiger partial charge on any atom is 0.241 e. The van der Waals surface area contributed by atoms with Crippen LogP contribution in [-0.4, -0.2) is 20.3 Å². The lowest BCUT2D eigenvalue weighted by Gasteiger charge is -2.21. The number of nitrogens with one attached hydrogen (secondary N) is 1. The molecule has 0 spiro atoms. The Hall–Kier alpha value is -2.55. The number of aromatic hydroxyl groups is 1. The fourth-order valence-electron chi connectivity index (χ4n) is 3.12. The van der Waals surface area contributed by atoms with Gasteiger partial charge in [0.05, 0.1) is 10.9 Å². The monoisotopic (exact) mass is 475 g/mol. The second kappa shape index (κ2) is 7.70. The average molecular weight is 476 g/mol. The highest BCUT2D eigenvalue weighted by molar-refractivity contribution is 9.10. The number of phenolic OH excluding ortho intramolecular Hbond substituents is 1. The van der Waals surface area contributed by atoms with Crippen molar-refractivity contribution < 1.29 is 23.0 Å². The third-order valence-electron chi connectivity index (χ3n) is 4.62. The predicted octanol–water partition coefficient (Wildman–Crippen LogP) is 4.26. The Labute approximate surface area is 177 Å². The molecule has 0 saturated carbocycles. The molecule has 29 heavy (non-hydrogen) atoms. The van der Waals surface area contributed by atoms with Crippen molar-refractivity contribution in [3.63, 3.8) is 0 Å². The van der Waals surface area contributed by atoms with Gasteiger partial charge < -0.3 is 14.6 Å². The predicted molar refractivity (Wildman–Crippen MR) is 112 cm³/mol. The van der Waals surface area contributed by atoms with Crippen LogP contribution in [0, 0.1) is 6.92 Å². The first-order valence-corrected chi connectivity index (χ1v) is 11.1. The maximum atomic E-state index is 13.1. The van der Waals surface area contributed by atoms with Gasteiger partial charge in [-0.1, -0.05) is 45.8 Å². The van der Waals surface area contributed by atoms with Crippen LogP contribution < -0.4 is 14.2 Å². The molecule has 8 heteroatoms. The van der Waals surface area contributed by atoms with Crippen LogP contribution in [0.1, 0.15) is 22.7 Å². The van der Waals surface area contributed by atoms with Crippen molar-refractivity contribution in [1.82, 2.24) is 4.72 Å². The van der Waals surface area contributed by atoms with Gasteiger partial charge in [0.2, 0.25) is 16.8 Å². The second-order valence-electron chi connectivity index (χ2n) is 6.69. The summed E-state index contributed by atoms with van der Waals surface area (Å²) in [6.07, 6.45) is 0. The van der Waals surface area contributed by atoms with E-state index >= 15 is 0 Å². The summed E-state index contributed by atoms with van der Waals surface area (Å²) in [5.41, 5.74) is 1.98. The lowest BCUT2D eigenvalue weighted by molar-refractivity contribution is 0.174. The van der Waals surface area contributed by atoms with Crippen molar-refractivity contribution in [2.45, 2.75) is 17.9 Å². The summed E-state index contributed by atoms with van der Waals surface area (Å²) >= 11 is 3.42. The first-order valence-electron chi connectivity index (χ1n) is 8.80. The van der Waals surface area contributed by atoms with E-state index in [1.165, 1.54) is 6.07 Å². The molecule has 3 aromatic rings. The fourth-order valence-corrected chi connectivity index (χ4v) is 4.74. The van der Waals surface area contributed by atoms with Gasteiger partial charge in [0, 0.05) is 16.1 Å². The number of sulfonamides is 1. The van der Waals surface area contributed by atoms with E-state index in [2.05, 4.69) is 20.7 Å². The molecular formula is C21H18BrNO5S. The number of hydrogen-bond donors (Lipinski definition) is 2. The van der Waals surface area contributed by atoms with Crippen LogP contribution in [0.5, 0.6) is 17.2 Å². The van der Waals surface area contributed by atoms with Gasteiger partial charge >= 0.3 is 0 Å². The lowest BCUT2D eigenvalue weighted by Crippen LogP contribution is -2.29. The van der Waals surface area contributed by atoms with E-state index in [9.17, 15) is 13.5 Å². The maximum absolute atomic E-state index is 13.1. The van der Waals surface area contributed by atoms with Gasteiger partial charge in [0.1, 0.15) is 5.75 Å². The number of ether oxygens (including phenoxy) is 2. The van der Waals surface area contributed by atoms with Gasteiger partial charge in [0.15, 0.2) is 11.5 Å². The summed E-state index contributed by atoms with van der Waals surface area (Å²) in [6, 6.07) is 16.0. The molecule has 0 aromatic heterocycles. The van der Waals surface area contributed by atoms with Crippen molar-refractivity contribution in [3.05, 3.63) is 81.8 Å². The SMILES string of the molecule is Cc1ccc(S(=O)(=O)NC(c2cccc(Br)c2)c2cc3c(cc2O)OCO3)cc1. The van der Waals surface area contributed by atoms with Gasteiger partial charge in [-0.15, -0.1) is 0 Å². The molecule has 1 unspecified atom stereocenters. The summed E-state index contributed by atoms with van der Waals surface area (Å²) in [5.74, 6) is 0.777. The first-order chi connectivity index (χ1) is 13.8. The Morgan fingerprint density at radius 1 is 1.03 bits per heavy atom. The van der Waals surface area contributed by atoms with Gasteiger partial charge in [-0.3, -0.25) is 0 Å². The van der Waals surface area contributed by atoms with E-state index < -0.39 is 16.1 Å². The number of hydrogen-bond acceptors (Lipinski definition) is 5. The van der Waals surface area contributed by atoms with Crippen molar-refractivity contribution >= 4 is 26.0 Å². The first kappa shape index (κ1) is 19.8. The minimum atomic E-state index is -3.86. The van der Waals surface area contributed by atoms with E-state index in [1.54, 1.807) is 48.5 Å². The van der Waals surface area contributed by atoms with Crippen molar-refractivity contribution in [3.8, 4) is 17.2 Å². The highest BCUT2D eigenvalue weighted by Crippen LogP contribution is 2.42. The van der Waals surface area contributed by atoms with E-state index in [0.29, 0.717) is 22.6 Å². The number of benzene rings is 3. The van der Waals surface area contributed by atoms with Gasteiger partial charge in [-0.05, 0) is 42.8 Å². The summed E-state index contributed by atoms with van der Waals surface area (Å²) in [6.45, 7) is 1.94. The van der Waals surface area contributed by atoms with E-state index in [-0.39, 0.29) is 17.4 Å². The quantitative estimate of drug-likeness (QED) is 0.575.